The Morgan fingerprint density at radius 3 is 1.88 bits per heavy atom. The van der Waals surface area contributed by atoms with Gasteiger partial charge < -0.3 is 1.43 Å². The van der Waals surface area contributed by atoms with E-state index in [0.717, 1.165) is 42.8 Å². The van der Waals surface area contributed by atoms with Crippen LogP contribution in [0.5, 0.6) is 0 Å². The van der Waals surface area contributed by atoms with E-state index in [1.54, 1.807) is 0 Å². The fourth-order valence-electron chi connectivity index (χ4n) is 1.31. The van der Waals surface area contributed by atoms with E-state index in [9.17, 15) is 0 Å². The Hall–Kier alpha value is 2.30. The topological polar surface area (TPSA) is 0 Å². The minimum Gasteiger partial charge on any atom is -1.00 e. The van der Waals surface area contributed by atoms with E-state index in [2.05, 4.69) is 6.55 Å². The fraction of sp³-hybridized carbons (Fsp3) is 1.00. The third-order valence-corrected chi connectivity index (χ3v) is 122. The van der Waals surface area contributed by atoms with Gasteiger partial charge in [0, 0.05) is 7.83 Å². The van der Waals surface area contributed by atoms with E-state index in [4.69, 9.17) is 0 Å². The average Bonchev–Trinajstić information content (AvgIpc) is 1.69. The van der Waals surface area contributed by atoms with Gasteiger partial charge in [0.2, 0.25) is 0 Å². The number of hydrogen-bond donors (Lipinski definition) is 0. The van der Waals surface area contributed by atoms with E-state index in [0.29, 0.717) is 7.83 Å². The van der Waals surface area contributed by atoms with Crippen LogP contribution in [-0.4, -0.2) is 50.6 Å². The summed E-state index contributed by atoms with van der Waals surface area (Å²) in [5.41, 5.74) is 0. The summed E-state index contributed by atoms with van der Waals surface area (Å²) in [6, 6.07) is 0. The maximum absolute atomic E-state index is 2.71. The molecule has 0 bridgehead atoms. The van der Waals surface area contributed by atoms with E-state index in [-0.39, 0.29) is 31.0 Å². The fourth-order valence-corrected chi connectivity index (χ4v) is 251. The van der Waals surface area contributed by atoms with Crippen molar-refractivity contribution in [2.45, 2.75) is 6.55 Å². The second-order valence-electron chi connectivity index (χ2n) is 2.74. The molecule has 1 aliphatic heterocycles. The molecule has 8 heavy (non-hydrogen) atoms. The van der Waals surface area contributed by atoms with Crippen LogP contribution in [0.1, 0.15) is 1.43 Å². The molecular weight excluding hydrogens is 204 g/mol. The number of hydrogen-bond acceptors (Lipinski definition) is 0. The Bertz CT molecular complexity index is 55.0. The quantitative estimate of drug-likeness (QED) is 0.355. The molecule has 0 amide bonds. The second-order valence-corrected chi connectivity index (χ2v) is 59.4. The zero-order valence-corrected chi connectivity index (χ0v) is 16.3. The summed E-state index contributed by atoms with van der Waals surface area (Å²) in [6.45, 7) is 2.71. The summed E-state index contributed by atoms with van der Waals surface area (Å²) in [5, 5.41) is 0. The minimum absolute atomic E-state index is 0. The molecule has 0 saturated carbocycles. The largest absolute Gasteiger partial charge is 1.00 e. The molecule has 0 unspecified atom stereocenters. The Balaban J connectivity index is 0. The summed E-state index contributed by atoms with van der Waals surface area (Å²) >= 11 is 0. The van der Waals surface area contributed by atoms with Gasteiger partial charge in [-0.25, -0.2) is 0 Å². The van der Waals surface area contributed by atoms with Crippen LogP contribution < -0.4 is 29.6 Å². The molecule has 0 spiro atoms. The molecule has 1 fully saturated rings. The van der Waals surface area contributed by atoms with E-state index < -0.39 is 0 Å². The van der Waals surface area contributed by atoms with Crippen molar-refractivity contribution in [1.82, 2.24) is 0 Å². The first-order valence-electron chi connectivity index (χ1n) is 3.39. The second kappa shape index (κ2) is 6.04. The molecule has 0 aliphatic carbocycles. The molecule has 0 atom stereocenters. The van der Waals surface area contributed by atoms with E-state index in [1.165, 1.54) is 0 Å². The molecule has 0 N–H and O–H groups in total. The van der Waals surface area contributed by atoms with Crippen LogP contribution in [0.3, 0.4) is 0 Å². The Labute approximate surface area is 87.2 Å². The summed E-state index contributed by atoms with van der Waals surface area (Å²) < 4.78 is 0. The predicted octanol–water partition coefficient (Wildman–Crippen LogP) is -7.53. The average molecular weight is 219 g/mol. The Kier molecular flexibility index (Phi) is 7.78. The van der Waals surface area contributed by atoms with Crippen molar-refractivity contribution in [3.63, 3.8) is 0 Å². The van der Waals surface area contributed by atoms with Gasteiger partial charge in [0.15, 0.2) is 0 Å². The monoisotopic (exact) mass is 218 g/mol. The van der Waals surface area contributed by atoms with Crippen molar-refractivity contribution in [2.24, 2.45) is 0 Å². The molecule has 0 radical (unpaired) electrons. The molecule has 1 saturated heterocycles. The van der Waals surface area contributed by atoms with Gasteiger partial charge in [-0.05, 0) is 42.8 Å². The van der Waals surface area contributed by atoms with Gasteiger partial charge in [-0.3, -0.25) is 0 Å². The smallest absolute Gasteiger partial charge is 1.00 e. The van der Waals surface area contributed by atoms with Gasteiger partial charge in [-0.1, -0.05) is 6.55 Å². The molecule has 1 heterocycles. The molecule has 1 aliphatic rings. The molecule has 1 rings (SSSR count). The Morgan fingerprint density at radius 2 is 1.62 bits per heavy atom. The van der Waals surface area contributed by atoms with Crippen LogP contribution in [0.2, 0.25) is 6.55 Å². The molecule has 0 nitrogen and oxygen atoms in total. The van der Waals surface area contributed by atoms with Crippen LogP contribution in [0.15, 0.2) is 0 Å². The van der Waals surface area contributed by atoms with Crippen molar-refractivity contribution in [3.05, 3.63) is 0 Å². The van der Waals surface area contributed by atoms with Crippen LogP contribution in [0, 0.1) is 0 Å². The molecule has 7 heteroatoms. The SMILES string of the molecule is C[SiH]1[SiH2][SiH2][SiH2][SiH2][SiH2]1.[H-].[Na+]. The third-order valence-electron chi connectivity index (χ3n) is 1.89. The molecule has 44 valence electrons. The predicted molar refractivity (Wildman–Crippen MR) is 56.8 cm³/mol. The van der Waals surface area contributed by atoms with Crippen LogP contribution in [0.25, 0.3) is 0 Å². The maximum Gasteiger partial charge on any atom is 1.00 e. The zero-order chi connectivity index (χ0) is 5.11. The van der Waals surface area contributed by atoms with Crippen LogP contribution >= 0.6 is 0 Å². The first-order chi connectivity index (χ1) is 3.39. The van der Waals surface area contributed by atoms with Crippen LogP contribution in [0.4, 0.5) is 0 Å². The summed E-state index contributed by atoms with van der Waals surface area (Å²) in [4.78, 5) is 0. The van der Waals surface area contributed by atoms with E-state index >= 15 is 0 Å². The maximum atomic E-state index is 2.71. The van der Waals surface area contributed by atoms with Gasteiger partial charge in [-0.2, -0.15) is 0 Å². The summed E-state index contributed by atoms with van der Waals surface area (Å²) in [5.74, 6) is 0. The minimum atomic E-state index is 0. The van der Waals surface area contributed by atoms with Crippen LogP contribution in [-0.2, 0) is 0 Å². The first kappa shape index (κ1) is 10.3. The van der Waals surface area contributed by atoms with Crippen molar-refractivity contribution in [2.75, 3.05) is 0 Å². The number of rotatable bonds is 0. The summed E-state index contributed by atoms with van der Waals surface area (Å²) in [6.07, 6.45) is 0. The van der Waals surface area contributed by atoms with Gasteiger partial charge in [-0.15, -0.1) is 0 Å². The third kappa shape index (κ3) is 4.17. The molecule has 0 aromatic carbocycles. The van der Waals surface area contributed by atoms with Crippen molar-refractivity contribution in [3.8, 4) is 0 Å². The summed E-state index contributed by atoms with van der Waals surface area (Å²) in [7, 11) is 4.79. The Morgan fingerprint density at radius 1 is 1.12 bits per heavy atom. The van der Waals surface area contributed by atoms with Gasteiger partial charge in [0.1, 0.15) is 0 Å². The van der Waals surface area contributed by atoms with Gasteiger partial charge in [0.25, 0.3) is 0 Å². The molecule has 0 aromatic rings. The standard InChI is InChI=1S/CH14Si6.Na.H/c1-7-5-3-2-4-6-7;;/h7H,2-6H2,1H3;;/q;+1;-1. The van der Waals surface area contributed by atoms with Crippen molar-refractivity contribution >= 4 is 50.6 Å². The van der Waals surface area contributed by atoms with Crippen molar-refractivity contribution in [1.29, 1.82) is 0 Å². The van der Waals surface area contributed by atoms with E-state index in [1.807, 2.05) is 0 Å². The molecule has 0 aromatic heterocycles. The molecular formula is CH15NaSi6. The van der Waals surface area contributed by atoms with Gasteiger partial charge in [0.05, 0.1) is 0 Å². The first-order valence-corrected chi connectivity index (χ1v) is 27.1. The van der Waals surface area contributed by atoms with Crippen molar-refractivity contribution < 1.29 is 31.0 Å². The van der Waals surface area contributed by atoms with Gasteiger partial charge >= 0.3 is 29.6 Å². The zero-order valence-electron chi connectivity index (χ0n) is 7.11. The normalized spacial score (nSPS) is 43.9.